The zero-order valence-electron chi connectivity index (χ0n) is 15.8. The van der Waals surface area contributed by atoms with E-state index in [1.54, 1.807) is 29.2 Å². The molecule has 0 aromatic heterocycles. The van der Waals surface area contributed by atoms with Crippen LogP contribution in [0.25, 0.3) is 0 Å². The number of benzene rings is 2. The molecule has 0 bridgehead atoms. The van der Waals surface area contributed by atoms with Gasteiger partial charge in [-0.2, -0.15) is 0 Å². The molecule has 0 radical (unpaired) electrons. The van der Waals surface area contributed by atoms with E-state index in [0.717, 1.165) is 30.5 Å². The Hall–Kier alpha value is -2.62. The minimum absolute atomic E-state index is 0.195. The molecule has 0 unspecified atom stereocenters. The minimum Gasteiger partial charge on any atom is -0.462 e. The van der Waals surface area contributed by atoms with Gasteiger partial charge in [0.2, 0.25) is 0 Å². The van der Waals surface area contributed by atoms with Crippen LogP contribution < -0.4 is 4.90 Å². The van der Waals surface area contributed by atoms with Gasteiger partial charge in [0.1, 0.15) is 0 Å². The van der Waals surface area contributed by atoms with Gasteiger partial charge >= 0.3 is 5.97 Å². The number of hydrogen-bond donors (Lipinski definition) is 0. The molecule has 0 fully saturated rings. The zero-order chi connectivity index (χ0) is 18.9. The Labute approximate surface area is 155 Å². The van der Waals surface area contributed by atoms with E-state index in [9.17, 15) is 9.59 Å². The van der Waals surface area contributed by atoms with Crippen LogP contribution in [-0.4, -0.2) is 25.0 Å². The van der Waals surface area contributed by atoms with Crippen molar-refractivity contribution in [2.24, 2.45) is 0 Å². The second-order valence-corrected chi connectivity index (χ2v) is 6.28. The topological polar surface area (TPSA) is 46.6 Å². The molecule has 2 aromatic rings. The smallest absolute Gasteiger partial charge is 0.338 e. The fourth-order valence-corrected chi connectivity index (χ4v) is 2.83. The number of ether oxygens (including phenoxy) is 1. The van der Waals surface area contributed by atoms with Crippen molar-refractivity contribution in [3.8, 4) is 0 Å². The summed E-state index contributed by atoms with van der Waals surface area (Å²) in [5, 5.41) is 0. The highest BCUT2D eigenvalue weighted by Gasteiger charge is 2.22. The maximum atomic E-state index is 13.1. The van der Waals surface area contributed by atoms with Crippen molar-refractivity contribution in [1.82, 2.24) is 0 Å². The van der Waals surface area contributed by atoms with Crippen LogP contribution in [0.5, 0.6) is 0 Å². The molecule has 0 saturated carbocycles. The Kier molecular flexibility index (Phi) is 7.39. The summed E-state index contributed by atoms with van der Waals surface area (Å²) >= 11 is 0. The number of nitrogens with zero attached hydrogens (tertiary/aromatic N) is 1. The number of amides is 1. The zero-order valence-corrected chi connectivity index (χ0v) is 15.8. The number of unbranched alkanes of at least 4 members (excludes halogenated alkanes) is 2. The normalized spacial score (nSPS) is 10.4. The van der Waals surface area contributed by atoms with Crippen LogP contribution in [-0.2, 0) is 4.74 Å². The van der Waals surface area contributed by atoms with Crippen molar-refractivity contribution >= 4 is 17.6 Å². The summed E-state index contributed by atoms with van der Waals surface area (Å²) in [4.78, 5) is 27.2. The first-order valence-corrected chi connectivity index (χ1v) is 9.23. The molecule has 2 rings (SSSR count). The maximum absolute atomic E-state index is 13.1. The van der Waals surface area contributed by atoms with E-state index < -0.39 is 5.97 Å². The molecule has 0 N–H and O–H groups in total. The van der Waals surface area contributed by atoms with Gasteiger partial charge in [0.15, 0.2) is 0 Å². The Bertz CT molecular complexity index is 755. The molecule has 1 amide bonds. The van der Waals surface area contributed by atoms with Crippen molar-refractivity contribution in [2.45, 2.75) is 40.0 Å². The Morgan fingerprint density at radius 2 is 1.69 bits per heavy atom. The third-order valence-corrected chi connectivity index (χ3v) is 4.23. The van der Waals surface area contributed by atoms with Gasteiger partial charge in [-0.1, -0.05) is 44.0 Å². The fourth-order valence-electron chi connectivity index (χ4n) is 2.83. The Balaban J connectivity index is 2.24. The molecule has 4 heteroatoms. The van der Waals surface area contributed by atoms with Gasteiger partial charge in [0.05, 0.1) is 17.7 Å². The van der Waals surface area contributed by atoms with Crippen molar-refractivity contribution in [3.05, 3.63) is 65.2 Å². The van der Waals surface area contributed by atoms with Crippen LogP contribution in [0.3, 0.4) is 0 Å². The maximum Gasteiger partial charge on any atom is 0.338 e. The van der Waals surface area contributed by atoms with Crippen LogP contribution in [0.15, 0.2) is 48.5 Å². The quantitative estimate of drug-likeness (QED) is 0.495. The first-order chi connectivity index (χ1) is 12.6. The number of carbonyl (C=O) groups is 2. The Morgan fingerprint density at radius 1 is 0.962 bits per heavy atom. The fraction of sp³-hybridized carbons (Fsp3) is 0.364. The van der Waals surface area contributed by atoms with Crippen molar-refractivity contribution in [3.63, 3.8) is 0 Å². The summed E-state index contributed by atoms with van der Waals surface area (Å²) in [5.41, 5.74) is 2.59. The Morgan fingerprint density at radius 3 is 2.35 bits per heavy atom. The molecule has 0 spiro atoms. The second kappa shape index (κ2) is 9.76. The molecule has 0 aliphatic carbocycles. The number of rotatable bonds is 8. The van der Waals surface area contributed by atoms with Gasteiger partial charge in [-0.3, -0.25) is 4.79 Å². The molecule has 2 aromatic carbocycles. The largest absolute Gasteiger partial charge is 0.462 e. The van der Waals surface area contributed by atoms with Crippen LogP contribution in [0.1, 0.15) is 59.4 Å². The summed E-state index contributed by atoms with van der Waals surface area (Å²) in [6.07, 6.45) is 2.92. The summed E-state index contributed by atoms with van der Waals surface area (Å²) < 4.78 is 5.35. The first-order valence-electron chi connectivity index (χ1n) is 9.23. The van der Waals surface area contributed by atoms with Crippen LogP contribution in [0.2, 0.25) is 0 Å². The van der Waals surface area contributed by atoms with E-state index in [4.69, 9.17) is 4.74 Å². The number of carbonyl (C=O) groups excluding carboxylic acids is 2. The predicted molar refractivity (Wildman–Crippen MR) is 105 cm³/mol. The van der Waals surface area contributed by atoms with Gasteiger partial charge in [-0.05, 0) is 50.1 Å². The lowest BCUT2D eigenvalue weighted by Gasteiger charge is -2.22. The van der Waals surface area contributed by atoms with Gasteiger partial charge < -0.3 is 9.64 Å². The van der Waals surface area contributed by atoms with E-state index in [-0.39, 0.29) is 5.91 Å². The van der Waals surface area contributed by atoms with E-state index in [0.29, 0.717) is 24.3 Å². The number of anilines is 1. The molecular formula is C22H27NO3. The second-order valence-electron chi connectivity index (χ2n) is 6.28. The monoisotopic (exact) mass is 353 g/mol. The minimum atomic E-state index is -0.439. The number of hydrogen-bond acceptors (Lipinski definition) is 3. The highest BCUT2D eigenvalue weighted by Crippen LogP contribution is 2.21. The summed E-state index contributed by atoms with van der Waals surface area (Å²) in [5.74, 6) is -0.635. The predicted octanol–water partition coefficient (Wildman–Crippen LogP) is 5.01. The van der Waals surface area contributed by atoms with Gasteiger partial charge in [-0.25, -0.2) is 4.79 Å². The van der Waals surface area contributed by atoms with Crippen molar-refractivity contribution in [2.75, 3.05) is 18.1 Å². The lowest BCUT2D eigenvalue weighted by Crippen LogP contribution is -2.32. The van der Waals surface area contributed by atoms with E-state index in [1.165, 1.54) is 0 Å². The van der Waals surface area contributed by atoms with E-state index in [1.807, 2.05) is 38.1 Å². The molecule has 0 aliphatic rings. The van der Waals surface area contributed by atoms with Crippen LogP contribution in [0, 0.1) is 6.92 Å². The molecule has 0 aliphatic heterocycles. The van der Waals surface area contributed by atoms with E-state index in [2.05, 4.69) is 6.92 Å². The summed E-state index contributed by atoms with van der Waals surface area (Å²) in [6.45, 7) is 6.91. The van der Waals surface area contributed by atoms with Gasteiger partial charge in [-0.15, -0.1) is 0 Å². The third kappa shape index (κ3) is 4.94. The average Bonchev–Trinajstić information content (AvgIpc) is 2.65. The van der Waals surface area contributed by atoms with Gasteiger partial charge in [0.25, 0.3) is 5.91 Å². The standard InChI is InChI=1S/C22H27NO3/c1-4-6-9-15-26-22(25)20-14-8-7-13-19(20)21(24)23(5-2)18-12-10-11-17(3)16-18/h7-8,10-14,16H,4-6,9,15H2,1-3H3. The molecule has 26 heavy (non-hydrogen) atoms. The lowest BCUT2D eigenvalue weighted by molar-refractivity contribution is 0.0495. The average molecular weight is 353 g/mol. The molecule has 0 atom stereocenters. The molecule has 138 valence electrons. The van der Waals surface area contributed by atoms with Gasteiger partial charge in [0, 0.05) is 12.2 Å². The van der Waals surface area contributed by atoms with Crippen LogP contribution in [0.4, 0.5) is 5.69 Å². The third-order valence-electron chi connectivity index (χ3n) is 4.23. The molecule has 0 saturated heterocycles. The SMILES string of the molecule is CCCCCOC(=O)c1ccccc1C(=O)N(CC)c1cccc(C)c1. The summed E-state index contributed by atoms with van der Waals surface area (Å²) in [6, 6.07) is 14.6. The number of aryl methyl sites for hydroxylation is 1. The van der Waals surface area contributed by atoms with Crippen molar-refractivity contribution in [1.29, 1.82) is 0 Å². The van der Waals surface area contributed by atoms with Crippen LogP contribution >= 0.6 is 0 Å². The van der Waals surface area contributed by atoms with E-state index >= 15 is 0 Å². The molecule has 4 nitrogen and oxygen atoms in total. The first kappa shape index (κ1) is 19.7. The number of esters is 1. The highest BCUT2D eigenvalue weighted by atomic mass is 16.5. The lowest BCUT2D eigenvalue weighted by atomic mass is 10.1. The summed E-state index contributed by atoms with van der Waals surface area (Å²) in [7, 11) is 0. The highest BCUT2D eigenvalue weighted by molar-refractivity contribution is 6.12. The van der Waals surface area contributed by atoms with Crippen molar-refractivity contribution < 1.29 is 14.3 Å². The molecule has 0 heterocycles. The molecular weight excluding hydrogens is 326 g/mol.